The van der Waals surface area contributed by atoms with Crippen molar-refractivity contribution in [3.63, 3.8) is 0 Å². The Bertz CT molecular complexity index is 397. The highest BCUT2D eigenvalue weighted by Crippen LogP contribution is 2.21. The molecule has 0 aliphatic rings. The second-order valence-electron chi connectivity index (χ2n) is 5.13. The van der Waals surface area contributed by atoms with E-state index in [0.29, 0.717) is 0 Å². The van der Waals surface area contributed by atoms with Gasteiger partial charge in [-0.3, -0.25) is 9.78 Å². The van der Waals surface area contributed by atoms with Crippen LogP contribution in [-0.2, 0) is 4.79 Å². The molecule has 1 rings (SSSR count). The van der Waals surface area contributed by atoms with Crippen molar-refractivity contribution >= 4 is 17.7 Å². The first-order chi connectivity index (χ1) is 8.94. The predicted molar refractivity (Wildman–Crippen MR) is 80.1 cm³/mol. The number of pyridine rings is 1. The zero-order valence-corrected chi connectivity index (χ0v) is 12.7. The van der Waals surface area contributed by atoms with Crippen LogP contribution in [0.1, 0.15) is 33.6 Å². The first kappa shape index (κ1) is 16.0. The molecule has 0 fully saturated rings. The molecule has 4 nitrogen and oxygen atoms in total. The third kappa shape index (κ3) is 5.61. The number of rotatable bonds is 8. The molecule has 3 N–H and O–H groups in total. The summed E-state index contributed by atoms with van der Waals surface area (Å²) < 4.78 is 0. The van der Waals surface area contributed by atoms with E-state index in [0.717, 1.165) is 18.6 Å². The van der Waals surface area contributed by atoms with Crippen molar-refractivity contribution < 1.29 is 4.79 Å². The van der Waals surface area contributed by atoms with Crippen molar-refractivity contribution in [2.75, 3.05) is 5.75 Å². The Hall–Kier alpha value is -1.07. The molecule has 0 saturated carbocycles. The standard InChI is InChI=1S/C14H23N3OS/c1-11(2)17-14(3,13(15)18)7-4-10-19-12-5-8-16-9-6-12/h5-6,8-9,11,17H,4,7,10H2,1-3H3,(H2,15,18). The fraction of sp³-hybridized carbons (Fsp3) is 0.571. The van der Waals surface area contributed by atoms with Crippen LogP contribution in [0.15, 0.2) is 29.4 Å². The van der Waals surface area contributed by atoms with E-state index < -0.39 is 5.54 Å². The molecule has 1 aromatic heterocycles. The lowest BCUT2D eigenvalue weighted by Crippen LogP contribution is -2.55. The van der Waals surface area contributed by atoms with Crippen molar-refractivity contribution in [1.29, 1.82) is 0 Å². The predicted octanol–water partition coefficient (Wildman–Crippen LogP) is 2.20. The number of nitrogens with one attached hydrogen (secondary N) is 1. The summed E-state index contributed by atoms with van der Waals surface area (Å²) in [5.41, 5.74) is 4.88. The first-order valence-electron chi connectivity index (χ1n) is 6.54. The van der Waals surface area contributed by atoms with Crippen LogP contribution >= 0.6 is 11.8 Å². The van der Waals surface area contributed by atoms with Crippen LogP contribution in [-0.4, -0.2) is 28.2 Å². The fourth-order valence-corrected chi connectivity index (χ4v) is 2.79. The Kier molecular flexibility index (Phi) is 6.31. The van der Waals surface area contributed by atoms with Gasteiger partial charge in [0.05, 0.1) is 5.54 Å². The third-order valence-electron chi connectivity index (χ3n) is 2.89. The zero-order valence-electron chi connectivity index (χ0n) is 11.8. The molecular formula is C14H23N3OS. The van der Waals surface area contributed by atoms with Crippen LogP contribution in [0.4, 0.5) is 0 Å². The summed E-state index contributed by atoms with van der Waals surface area (Å²) in [4.78, 5) is 16.8. The van der Waals surface area contributed by atoms with Gasteiger partial charge in [-0.25, -0.2) is 0 Å². The molecule has 1 heterocycles. The molecule has 0 aromatic carbocycles. The molecule has 0 spiro atoms. The Labute approximate surface area is 119 Å². The maximum Gasteiger partial charge on any atom is 0.237 e. The van der Waals surface area contributed by atoms with E-state index in [1.807, 2.05) is 32.9 Å². The Morgan fingerprint density at radius 3 is 2.63 bits per heavy atom. The van der Waals surface area contributed by atoms with E-state index in [1.165, 1.54) is 4.90 Å². The quantitative estimate of drug-likeness (QED) is 0.566. The van der Waals surface area contributed by atoms with Gasteiger partial charge in [-0.15, -0.1) is 11.8 Å². The lowest BCUT2D eigenvalue weighted by molar-refractivity contribution is -0.124. The van der Waals surface area contributed by atoms with Crippen LogP contribution in [0.25, 0.3) is 0 Å². The van der Waals surface area contributed by atoms with Crippen LogP contribution in [0, 0.1) is 0 Å². The average molecular weight is 281 g/mol. The second-order valence-corrected chi connectivity index (χ2v) is 6.30. The van der Waals surface area contributed by atoms with Gasteiger partial charge < -0.3 is 11.1 Å². The summed E-state index contributed by atoms with van der Waals surface area (Å²) >= 11 is 1.77. The normalized spacial score (nSPS) is 14.3. The minimum absolute atomic E-state index is 0.241. The van der Waals surface area contributed by atoms with Gasteiger partial charge in [-0.2, -0.15) is 0 Å². The van der Waals surface area contributed by atoms with Gasteiger partial charge in [0.1, 0.15) is 0 Å². The minimum atomic E-state index is -0.618. The summed E-state index contributed by atoms with van der Waals surface area (Å²) in [6, 6.07) is 4.22. The number of hydrogen-bond acceptors (Lipinski definition) is 4. The van der Waals surface area contributed by atoms with Gasteiger partial charge in [-0.05, 0) is 51.5 Å². The molecular weight excluding hydrogens is 258 g/mol. The summed E-state index contributed by atoms with van der Waals surface area (Å²) in [5, 5.41) is 3.26. The molecule has 106 valence electrons. The second kappa shape index (κ2) is 7.50. The number of carbonyl (C=O) groups excluding carboxylic acids is 1. The van der Waals surface area contributed by atoms with Crippen LogP contribution < -0.4 is 11.1 Å². The number of aromatic nitrogens is 1. The summed E-state index contributed by atoms with van der Waals surface area (Å²) in [6.07, 6.45) is 5.26. The van der Waals surface area contributed by atoms with E-state index in [-0.39, 0.29) is 11.9 Å². The van der Waals surface area contributed by atoms with E-state index in [9.17, 15) is 4.79 Å². The molecule has 0 radical (unpaired) electrons. The monoisotopic (exact) mass is 281 g/mol. The number of hydrogen-bond donors (Lipinski definition) is 2. The van der Waals surface area contributed by atoms with Crippen molar-refractivity contribution in [2.24, 2.45) is 5.73 Å². The lowest BCUT2D eigenvalue weighted by Gasteiger charge is -2.29. The van der Waals surface area contributed by atoms with E-state index >= 15 is 0 Å². The van der Waals surface area contributed by atoms with E-state index in [2.05, 4.69) is 10.3 Å². The first-order valence-corrected chi connectivity index (χ1v) is 7.53. The maximum atomic E-state index is 11.6. The molecule has 1 atom stereocenters. The third-order valence-corrected chi connectivity index (χ3v) is 3.99. The van der Waals surface area contributed by atoms with Crippen molar-refractivity contribution in [3.8, 4) is 0 Å². The van der Waals surface area contributed by atoms with Crippen LogP contribution in [0.2, 0.25) is 0 Å². The zero-order chi connectivity index (χ0) is 14.3. The largest absolute Gasteiger partial charge is 0.368 e. The smallest absolute Gasteiger partial charge is 0.237 e. The van der Waals surface area contributed by atoms with Gasteiger partial charge in [0.15, 0.2) is 0 Å². The number of carbonyl (C=O) groups is 1. The highest BCUT2D eigenvalue weighted by molar-refractivity contribution is 7.99. The Morgan fingerprint density at radius 1 is 1.47 bits per heavy atom. The van der Waals surface area contributed by atoms with Gasteiger partial charge in [0.2, 0.25) is 5.91 Å². The van der Waals surface area contributed by atoms with Crippen LogP contribution in [0.5, 0.6) is 0 Å². The number of nitrogens with zero attached hydrogens (tertiary/aromatic N) is 1. The summed E-state index contributed by atoms with van der Waals surface area (Å²) in [6.45, 7) is 5.92. The lowest BCUT2D eigenvalue weighted by atomic mass is 9.94. The highest BCUT2D eigenvalue weighted by atomic mass is 32.2. The van der Waals surface area contributed by atoms with Crippen LogP contribution in [0.3, 0.4) is 0 Å². The molecule has 5 heteroatoms. The summed E-state index contributed by atoms with van der Waals surface area (Å²) in [7, 11) is 0. The van der Waals surface area contributed by atoms with E-state index in [1.54, 1.807) is 24.2 Å². The Balaban J connectivity index is 2.39. The molecule has 0 bridgehead atoms. The molecule has 1 amide bonds. The Morgan fingerprint density at radius 2 is 2.11 bits per heavy atom. The SMILES string of the molecule is CC(C)NC(C)(CCCSc1ccncc1)C(N)=O. The minimum Gasteiger partial charge on any atom is -0.368 e. The highest BCUT2D eigenvalue weighted by Gasteiger charge is 2.30. The average Bonchev–Trinajstić information content (AvgIpc) is 2.35. The summed E-state index contributed by atoms with van der Waals surface area (Å²) in [5.74, 6) is 0.683. The number of nitrogens with two attached hydrogens (primary N) is 1. The maximum absolute atomic E-state index is 11.6. The van der Waals surface area contributed by atoms with E-state index in [4.69, 9.17) is 5.73 Å². The van der Waals surface area contributed by atoms with Gasteiger partial charge in [-0.1, -0.05) is 0 Å². The van der Waals surface area contributed by atoms with Gasteiger partial charge in [0.25, 0.3) is 0 Å². The number of primary amides is 1. The molecule has 1 unspecified atom stereocenters. The van der Waals surface area contributed by atoms with Crippen molar-refractivity contribution in [1.82, 2.24) is 10.3 Å². The van der Waals surface area contributed by atoms with Gasteiger partial charge in [0, 0.05) is 23.3 Å². The van der Waals surface area contributed by atoms with Crippen molar-refractivity contribution in [2.45, 2.75) is 50.1 Å². The molecule has 1 aromatic rings. The molecule has 0 saturated heterocycles. The number of thioether (sulfide) groups is 1. The van der Waals surface area contributed by atoms with Gasteiger partial charge >= 0.3 is 0 Å². The topological polar surface area (TPSA) is 68.0 Å². The molecule has 0 aliphatic carbocycles. The number of amides is 1. The van der Waals surface area contributed by atoms with Crippen molar-refractivity contribution in [3.05, 3.63) is 24.5 Å². The molecule has 19 heavy (non-hydrogen) atoms. The fourth-order valence-electron chi connectivity index (χ4n) is 1.95. The molecule has 0 aliphatic heterocycles.